The van der Waals surface area contributed by atoms with E-state index in [1.54, 1.807) is 0 Å². The van der Waals surface area contributed by atoms with E-state index in [9.17, 15) is 8.78 Å². The lowest BCUT2D eigenvalue weighted by Gasteiger charge is -2.38. The summed E-state index contributed by atoms with van der Waals surface area (Å²) in [7, 11) is 0. The largest absolute Gasteiger partial charge is 0.378 e. The number of allylic oxidation sites excluding steroid dienone is 2. The van der Waals surface area contributed by atoms with E-state index in [1.807, 2.05) is 0 Å². The predicted octanol–water partition coefficient (Wildman–Crippen LogP) is 7.69. The predicted molar refractivity (Wildman–Crippen MR) is 119 cm³/mol. The van der Waals surface area contributed by atoms with E-state index in [2.05, 4.69) is 12.7 Å². The van der Waals surface area contributed by atoms with Gasteiger partial charge in [0.25, 0.3) is 6.08 Å². The van der Waals surface area contributed by atoms with Gasteiger partial charge in [0, 0.05) is 13.2 Å². The van der Waals surface area contributed by atoms with Crippen molar-refractivity contribution in [2.24, 2.45) is 23.7 Å². The molecule has 2 nitrogen and oxygen atoms in total. The van der Waals surface area contributed by atoms with E-state index in [0.29, 0.717) is 12.0 Å². The summed E-state index contributed by atoms with van der Waals surface area (Å²) >= 11 is 0. The first-order valence-electron chi connectivity index (χ1n) is 12.5. The minimum Gasteiger partial charge on any atom is -0.378 e. The average molecular weight is 425 g/mol. The molecule has 2 saturated carbocycles. The lowest BCUT2D eigenvalue weighted by molar-refractivity contribution is -0.0617. The number of hydrogen-bond donors (Lipinski definition) is 0. The molecule has 0 bridgehead atoms. The lowest BCUT2D eigenvalue weighted by atomic mass is 9.76. The fourth-order valence-corrected chi connectivity index (χ4v) is 5.85. The van der Waals surface area contributed by atoms with E-state index >= 15 is 0 Å². The number of rotatable bonds is 10. The molecule has 2 aliphatic carbocycles. The molecule has 0 aromatic heterocycles. The van der Waals surface area contributed by atoms with Gasteiger partial charge in [-0.3, -0.25) is 0 Å². The molecule has 172 valence electrons. The van der Waals surface area contributed by atoms with Gasteiger partial charge in [0.15, 0.2) is 0 Å². The SMILES string of the molecule is C=CCCC1CCC(C2CCC(CCCOC3CCC(C=C(F)F)CC3)CO2)CC1. The van der Waals surface area contributed by atoms with Gasteiger partial charge in [-0.25, -0.2) is 0 Å². The van der Waals surface area contributed by atoms with Crippen LogP contribution in [0.1, 0.15) is 89.9 Å². The van der Waals surface area contributed by atoms with Gasteiger partial charge in [-0.05, 0) is 107 Å². The summed E-state index contributed by atoms with van der Waals surface area (Å²) < 4.78 is 37.0. The van der Waals surface area contributed by atoms with Crippen LogP contribution in [0.25, 0.3) is 0 Å². The van der Waals surface area contributed by atoms with Crippen LogP contribution in [0.3, 0.4) is 0 Å². The molecular formula is C26H42F2O2. The molecule has 0 amide bonds. The highest BCUT2D eigenvalue weighted by Gasteiger charge is 2.31. The third kappa shape index (κ3) is 8.07. The zero-order chi connectivity index (χ0) is 21.2. The summed E-state index contributed by atoms with van der Waals surface area (Å²) in [6.45, 7) is 5.58. The first kappa shape index (κ1) is 23.9. The van der Waals surface area contributed by atoms with E-state index in [0.717, 1.165) is 63.2 Å². The zero-order valence-corrected chi connectivity index (χ0v) is 18.7. The maximum Gasteiger partial charge on any atom is 0.266 e. The first-order chi connectivity index (χ1) is 14.6. The Kier molecular flexibility index (Phi) is 10.3. The van der Waals surface area contributed by atoms with Crippen LogP contribution in [-0.2, 0) is 9.47 Å². The Balaban J connectivity index is 1.21. The third-order valence-electron chi connectivity index (χ3n) is 7.79. The molecule has 1 saturated heterocycles. The van der Waals surface area contributed by atoms with Crippen LogP contribution in [-0.4, -0.2) is 25.4 Å². The van der Waals surface area contributed by atoms with Gasteiger partial charge in [0.05, 0.1) is 12.2 Å². The minimum absolute atomic E-state index is 0.0457. The molecule has 3 fully saturated rings. The second kappa shape index (κ2) is 13.0. The van der Waals surface area contributed by atoms with Crippen molar-refractivity contribution >= 4 is 0 Å². The average Bonchev–Trinajstić information content (AvgIpc) is 2.77. The molecule has 4 heteroatoms. The highest BCUT2D eigenvalue weighted by Crippen LogP contribution is 2.38. The summed E-state index contributed by atoms with van der Waals surface area (Å²) in [5.41, 5.74) is 0. The van der Waals surface area contributed by atoms with Crippen molar-refractivity contribution in [3.63, 3.8) is 0 Å². The molecule has 3 rings (SSSR count). The molecular weight excluding hydrogens is 382 g/mol. The second-order valence-corrected chi connectivity index (χ2v) is 9.97. The molecule has 0 radical (unpaired) electrons. The molecule has 0 aromatic carbocycles. The molecule has 2 atom stereocenters. The van der Waals surface area contributed by atoms with E-state index in [-0.39, 0.29) is 12.0 Å². The summed E-state index contributed by atoms with van der Waals surface area (Å²) in [5.74, 6) is 2.42. The Bertz CT molecular complexity index is 507. The summed E-state index contributed by atoms with van der Waals surface area (Å²) in [6.07, 6.45) is 18.6. The van der Waals surface area contributed by atoms with Gasteiger partial charge < -0.3 is 9.47 Å². The second-order valence-electron chi connectivity index (χ2n) is 9.97. The van der Waals surface area contributed by atoms with Crippen LogP contribution in [0.2, 0.25) is 0 Å². The Morgan fingerprint density at radius 2 is 1.63 bits per heavy atom. The fourth-order valence-electron chi connectivity index (χ4n) is 5.85. The van der Waals surface area contributed by atoms with Crippen LogP contribution in [0.15, 0.2) is 24.8 Å². The zero-order valence-electron chi connectivity index (χ0n) is 18.7. The van der Waals surface area contributed by atoms with Crippen LogP contribution < -0.4 is 0 Å². The Morgan fingerprint density at radius 1 is 0.900 bits per heavy atom. The van der Waals surface area contributed by atoms with Gasteiger partial charge in [0.2, 0.25) is 0 Å². The van der Waals surface area contributed by atoms with Gasteiger partial charge in [-0.2, -0.15) is 8.78 Å². The summed E-state index contributed by atoms with van der Waals surface area (Å²) in [5, 5.41) is 0. The van der Waals surface area contributed by atoms with Crippen molar-refractivity contribution in [2.45, 2.75) is 102 Å². The van der Waals surface area contributed by atoms with E-state index in [4.69, 9.17) is 9.47 Å². The van der Waals surface area contributed by atoms with Crippen molar-refractivity contribution in [3.05, 3.63) is 24.8 Å². The molecule has 2 unspecified atom stereocenters. The van der Waals surface area contributed by atoms with E-state index < -0.39 is 6.08 Å². The van der Waals surface area contributed by atoms with Crippen molar-refractivity contribution in [3.8, 4) is 0 Å². The van der Waals surface area contributed by atoms with Crippen molar-refractivity contribution in [1.82, 2.24) is 0 Å². The normalized spacial score (nSPS) is 35.0. The quantitative estimate of drug-likeness (QED) is 0.264. The standard InChI is InChI=1S/C26H42F2O2/c1-2-3-5-20-7-12-23(13-8-20)25-16-11-22(19-30-25)6-4-17-29-24-14-9-21(10-15-24)18-26(27)28/h2,18,20-25H,1,3-17,19H2. The van der Waals surface area contributed by atoms with Crippen LogP contribution in [0, 0.1) is 23.7 Å². The maximum absolute atomic E-state index is 12.3. The lowest BCUT2D eigenvalue weighted by Crippen LogP contribution is -2.34. The Morgan fingerprint density at radius 3 is 2.27 bits per heavy atom. The number of ether oxygens (including phenoxy) is 2. The molecule has 30 heavy (non-hydrogen) atoms. The fraction of sp³-hybridized carbons (Fsp3) is 0.846. The van der Waals surface area contributed by atoms with Crippen LogP contribution >= 0.6 is 0 Å². The van der Waals surface area contributed by atoms with Crippen molar-refractivity contribution in [2.75, 3.05) is 13.2 Å². The molecule has 0 N–H and O–H groups in total. The smallest absolute Gasteiger partial charge is 0.266 e. The first-order valence-corrected chi connectivity index (χ1v) is 12.5. The highest BCUT2D eigenvalue weighted by molar-refractivity contribution is 4.91. The third-order valence-corrected chi connectivity index (χ3v) is 7.79. The van der Waals surface area contributed by atoms with Crippen molar-refractivity contribution < 1.29 is 18.3 Å². The molecule has 3 aliphatic rings. The monoisotopic (exact) mass is 424 g/mol. The van der Waals surface area contributed by atoms with Crippen LogP contribution in [0.5, 0.6) is 0 Å². The minimum atomic E-state index is -1.53. The Hall–Kier alpha value is -0.740. The number of hydrogen-bond acceptors (Lipinski definition) is 2. The van der Waals surface area contributed by atoms with Gasteiger partial charge in [-0.15, -0.1) is 6.58 Å². The number of halogens is 2. The molecule has 1 heterocycles. The molecule has 1 aliphatic heterocycles. The van der Waals surface area contributed by atoms with Gasteiger partial charge in [-0.1, -0.05) is 18.9 Å². The maximum atomic E-state index is 12.3. The van der Waals surface area contributed by atoms with Crippen LogP contribution in [0.4, 0.5) is 8.78 Å². The molecule has 0 aromatic rings. The van der Waals surface area contributed by atoms with Gasteiger partial charge >= 0.3 is 0 Å². The summed E-state index contributed by atoms with van der Waals surface area (Å²) in [4.78, 5) is 0. The van der Waals surface area contributed by atoms with Gasteiger partial charge in [0.1, 0.15) is 0 Å². The summed E-state index contributed by atoms with van der Waals surface area (Å²) in [6, 6.07) is 0. The molecule has 0 spiro atoms. The van der Waals surface area contributed by atoms with Crippen molar-refractivity contribution in [1.29, 1.82) is 0 Å². The Labute approximate surface area is 182 Å². The topological polar surface area (TPSA) is 18.5 Å². The highest BCUT2D eigenvalue weighted by atomic mass is 19.3. The van der Waals surface area contributed by atoms with E-state index in [1.165, 1.54) is 57.8 Å².